The normalized spacial score (nSPS) is 17.7. The largest absolute Gasteiger partial charge is 0.490 e. The van der Waals surface area contributed by atoms with Crippen LogP contribution < -0.4 is 10.9 Å². The highest BCUT2D eigenvalue weighted by molar-refractivity contribution is 5.73. The van der Waals surface area contributed by atoms with Crippen LogP contribution in [0, 0.1) is 13.8 Å². The first-order valence-electron chi connectivity index (χ1n) is 7.80. The van der Waals surface area contributed by atoms with E-state index in [1.165, 1.54) is 4.52 Å². The van der Waals surface area contributed by atoms with Gasteiger partial charge in [0.05, 0.1) is 18.4 Å². The summed E-state index contributed by atoms with van der Waals surface area (Å²) in [6.45, 7) is 6.33. The lowest BCUT2D eigenvalue weighted by Gasteiger charge is -2.23. The standard InChI is InChI=1S/C13H18N4O2.C2HF3O2/c1-8-9(2)16-17-12(18)6-10(15-13(8)17)5-11-7-14-3-4-19-11;3-2(4,5)1(6)7/h6,11,14,16H,3-5,7H2,1-2H3;(H,6,7). The highest BCUT2D eigenvalue weighted by atomic mass is 19.4. The van der Waals surface area contributed by atoms with Crippen molar-refractivity contribution in [3.63, 3.8) is 0 Å². The van der Waals surface area contributed by atoms with Gasteiger partial charge in [0.1, 0.15) is 0 Å². The molecule has 0 spiro atoms. The molecular weight excluding hydrogens is 357 g/mol. The lowest BCUT2D eigenvalue weighted by atomic mass is 10.1. The maximum absolute atomic E-state index is 12.0. The van der Waals surface area contributed by atoms with Crippen molar-refractivity contribution in [2.75, 3.05) is 19.7 Å². The number of alkyl halides is 3. The molecule has 0 bridgehead atoms. The van der Waals surface area contributed by atoms with E-state index in [9.17, 15) is 18.0 Å². The second kappa shape index (κ2) is 7.87. The lowest BCUT2D eigenvalue weighted by Crippen LogP contribution is -2.40. The first-order chi connectivity index (χ1) is 12.1. The fourth-order valence-corrected chi connectivity index (χ4v) is 2.40. The quantitative estimate of drug-likeness (QED) is 0.716. The van der Waals surface area contributed by atoms with Gasteiger partial charge in [0.15, 0.2) is 5.65 Å². The molecule has 1 unspecified atom stereocenters. The van der Waals surface area contributed by atoms with E-state index in [0.717, 1.165) is 30.0 Å². The zero-order valence-electron chi connectivity index (χ0n) is 14.2. The third-order valence-electron chi connectivity index (χ3n) is 3.83. The van der Waals surface area contributed by atoms with E-state index < -0.39 is 12.1 Å². The number of aromatic amines is 1. The maximum Gasteiger partial charge on any atom is 0.490 e. The summed E-state index contributed by atoms with van der Waals surface area (Å²) >= 11 is 0. The number of hydrogen-bond acceptors (Lipinski definition) is 5. The number of aryl methyl sites for hydroxylation is 2. The van der Waals surface area contributed by atoms with Crippen molar-refractivity contribution < 1.29 is 27.8 Å². The molecule has 0 amide bonds. The van der Waals surface area contributed by atoms with Crippen LogP contribution in [0.3, 0.4) is 0 Å². The van der Waals surface area contributed by atoms with Gasteiger partial charge in [0.25, 0.3) is 5.56 Å². The SMILES string of the molecule is Cc1[nH]n2c(=O)cc(CC3CNCCO3)nc2c1C.O=C(O)C(F)(F)F. The number of carboxylic acids is 1. The molecule has 3 rings (SSSR count). The van der Waals surface area contributed by atoms with Crippen molar-refractivity contribution in [3.05, 3.63) is 33.4 Å². The average molecular weight is 376 g/mol. The second-order valence-electron chi connectivity index (χ2n) is 5.81. The van der Waals surface area contributed by atoms with Crippen LogP contribution >= 0.6 is 0 Å². The Morgan fingerprint density at radius 3 is 2.65 bits per heavy atom. The van der Waals surface area contributed by atoms with Gasteiger partial charge in [-0.2, -0.15) is 13.2 Å². The lowest BCUT2D eigenvalue weighted by molar-refractivity contribution is -0.192. The van der Waals surface area contributed by atoms with Crippen LogP contribution in [0.15, 0.2) is 10.9 Å². The Morgan fingerprint density at radius 2 is 2.12 bits per heavy atom. The Bertz CT molecular complexity index is 838. The Morgan fingerprint density at radius 1 is 1.46 bits per heavy atom. The third-order valence-corrected chi connectivity index (χ3v) is 3.83. The number of hydrogen-bond donors (Lipinski definition) is 3. The molecule has 0 radical (unpaired) electrons. The zero-order chi connectivity index (χ0) is 19.5. The molecule has 1 saturated heterocycles. The first-order valence-corrected chi connectivity index (χ1v) is 7.80. The predicted molar refractivity (Wildman–Crippen MR) is 85.3 cm³/mol. The van der Waals surface area contributed by atoms with Crippen LogP contribution in [0.1, 0.15) is 17.0 Å². The smallest absolute Gasteiger partial charge is 0.475 e. The van der Waals surface area contributed by atoms with Gasteiger partial charge >= 0.3 is 12.1 Å². The molecule has 2 aromatic heterocycles. The van der Waals surface area contributed by atoms with Crippen molar-refractivity contribution in [2.24, 2.45) is 0 Å². The molecule has 1 aliphatic rings. The molecule has 0 aliphatic carbocycles. The summed E-state index contributed by atoms with van der Waals surface area (Å²) < 4.78 is 38.9. The van der Waals surface area contributed by atoms with Crippen LogP contribution in [0.4, 0.5) is 13.2 Å². The van der Waals surface area contributed by atoms with Gasteiger partial charge < -0.3 is 15.2 Å². The van der Waals surface area contributed by atoms with E-state index in [0.29, 0.717) is 18.7 Å². The van der Waals surface area contributed by atoms with Crippen molar-refractivity contribution in [1.82, 2.24) is 19.9 Å². The number of halogens is 3. The average Bonchev–Trinajstić information content (AvgIpc) is 2.84. The number of H-pyrrole nitrogens is 1. The molecule has 26 heavy (non-hydrogen) atoms. The number of rotatable bonds is 2. The van der Waals surface area contributed by atoms with E-state index >= 15 is 0 Å². The van der Waals surface area contributed by atoms with Crippen molar-refractivity contribution in [3.8, 4) is 0 Å². The Hall–Kier alpha value is -2.40. The molecular formula is C15H19F3N4O4. The van der Waals surface area contributed by atoms with Gasteiger partial charge in [-0.3, -0.25) is 9.89 Å². The number of nitrogens with one attached hydrogen (secondary N) is 2. The van der Waals surface area contributed by atoms with Crippen molar-refractivity contribution >= 4 is 11.6 Å². The summed E-state index contributed by atoms with van der Waals surface area (Å²) in [5, 5.41) is 13.4. The van der Waals surface area contributed by atoms with Crippen LogP contribution in [0.2, 0.25) is 0 Å². The number of fused-ring (bicyclic) bond motifs is 1. The molecule has 3 heterocycles. The highest BCUT2D eigenvalue weighted by Gasteiger charge is 2.38. The Balaban J connectivity index is 0.000000298. The Labute approximate surface area is 146 Å². The van der Waals surface area contributed by atoms with Crippen LogP contribution in [0.25, 0.3) is 5.65 Å². The molecule has 0 aromatic carbocycles. The molecule has 1 fully saturated rings. The number of aromatic nitrogens is 3. The maximum atomic E-state index is 12.0. The molecule has 0 saturated carbocycles. The molecule has 1 aliphatic heterocycles. The number of carbonyl (C=O) groups is 1. The fraction of sp³-hybridized carbons (Fsp3) is 0.533. The van der Waals surface area contributed by atoms with Gasteiger partial charge in [-0.05, 0) is 13.8 Å². The van der Waals surface area contributed by atoms with Crippen molar-refractivity contribution in [1.29, 1.82) is 0 Å². The van der Waals surface area contributed by atoms with Gasteiger partial charge in [-0.15, -0.1) is 0 Å². The second-order valence-corrected chi connectivity index (χ2v) is 5.81. The van der Waals surface area contributed by atoms with Crippen LogP contribution in [-0.4, -0.2) is 57.7 Å². The summed E-state index contributed by atoms with van der Waals surface area (Å²) in [5.41, 5.74) is 3.42. The van der Waals surface area contributed by atoms with Gasteiger partial charge in [0.2, 0.25) is 0 Å². The van der Waals surface area contributed by atoms with Crippen LogP contribution in [0.5, 0.6) is 0 Å². The number of carboxylic acid groups (broad SMARTS) is 1. The van der Waals surface area contributed by atoms with Gasteiger partial charge in [-0.1, -0.05) is 0 Å². The zero-order valence-corrected chi connectivity index (χ0v) is 14.2. The first kappa shape index (κ1) is 19.9. The summed E-state index contributed by atoms with van der Waals surface area (Å²) in [7, 11) is 0. The van der Waals surface area contributed by atoms with Crippen molar-refractivity contribution in [2.45, 2.75) is 32.5 Å². The van der Waals surface area contributed by atoms with E-state index in [-0.39, 0.29) is 11.7 Å². The number of nitrogens with zero attached hydrogens (tertiary/aromatic N) is 2. The minimum Gasteiger partial charge on any atom is -0.475 e. The van der Waals surface area contributed by atoms with Gasteiger partial charge in [0, 0.05) is 36.8 Å². The molecule has 11 heteroatoms. The van der Waals surface area contributed by atoms with Gasteiger partial charge in [-0.25, -0.2) is 14.3 Å². The fourth-order valence-electron chi connectivity index (χ4n) is 2.40. The number of aliphatic carboxylic acids is 1. The summed E-state index contributed by atoms with van der Waals surface area (Å²) in [5.74, 6) is -2.76. The number of ether oxygens (including phenoxy) is 1. The third kappa shape index (κ3) is 4.82. The monoisotopic (exact) mass is 376 g/mol. The molecule has 2 aromatic rings. The van der Waals surface area contributed by atoms with E-state index in [1.807, 2.05) is 13.8 Å². The molecule has 8 nitrogen and oxygen atoms in total. The summed E-state index contributed by atoms with van der Waals surface area (Å²) in [4.78, 5) is 25.5. The minimum atomic E-state index is -5.08. The Kier molecular flexibility index (Phi) is 6.03. The van der Waals surface area contributed by atoms with E-state index in [4.69, 9.17) is 14.6 Å². The topological polar surface area (TPSA) is 109 Å². The van der Waals surface area contributed by atoms with E-state index in [1.54, 1.807) is 6.07 Å². The summed E-state index contributed by atoms with van der Waals surface area (Å²) in [6, 6.07) is 1.58. The molecule has 1 atom stereocenters. The predicted octanol–water partition coefficient (Wildman–Crippen LogP) is 0.804. The van der Waals surface area contributed by atoms with E-state index in [2.05, 4.69) is 15.4 Å². The molecule has 144 valence electrons. The molecule has 3 N–H and O–H groups in total. The summed E-state index contributed by atoms with van der Waals surface area (Å²) in [6.07, 6.45) is -4.31. The number of morpholine rings is 1. The van der Waals surface area contributed by atoms with Crippen LogP contribution in [-0.2, 0) is 16.0 Å². The minimum absolute atomic E-state index is 0.0695. The highest BCUT2D eigenvalue weighted by Crippen LogP contribution is 2.13.